The van der Waals surface area contributed by atoms with E-state index in [1.807, 2.05) is 0 Å². The van der Waals surface area contributed by atoms with Crippen molar-refractivity contribution >= 4 is 28.9 Å². The van der Waals surface area contributed by atoms with E-state index in [1.165, 1.54) is 32.4 Å². The van der Waals surface area contributed by atoms with Gasteiger partial charge in [-0.15, -0.1) is 0 Å². The highest BCUT2D eigenvalue weighted by Gasteiger charge is 2.31. The van der Waals surface area contributed by atoms with Gasteiger partial charge in [-0.3, -0.25) is 9.63 Å². The van der Waals surface area contributed by atoms with E-state index in [1.54, 1.807) is 0 Å². The molecule has 1 heterocycles. The molecule has 0 aliphatic rings. The zero-order valence-electron chi connectivity index (χ0n) is 14.2. The maximum atomic E-state index is 12.7. The largest absolute Gasteiger partial charge is 0.468 e. The number of hydrogen-bond acceptors (Lipinski definition) is 7. The molecule has 0 saturated heterocycles. The third-order valence-corrected chi connectivity index (χ3v) is 3.61. The Kier molecular flexibility index (Phi) is 6.34. The number of carbonyl (C=O) groups excluding carboxylic acids is 1. The van der Waals surface area contributed by atoms with E-state index in [2.05, 4.69) is 9.72 Å². The Morgan fingerprint density at radius 3 is 2.56 bits per heavy atom. The highest BCUT2D eigenvalue weighted by molar-refractivity contribution is 6.31. The molecule has 146 valence electrons. The average molecular weight is 406 g/mol. The topological polar surface area (TPSA) is 86.9 Å². The van der Waals surface area contributed by atoms with Crippen molar-refractivity contribution < 1.29 is 32.3 Å². The molecule has 2 rings (SSSR count). The number of aromatic nitrogens is 1. The molecule has 0 unspecified atom stereocenters. The SMILES string of the molecule is COC(=O)CN(OC)c1cc(Oc2ncc(C(F)(F)F)cc2Cl)ccc1N. The van der Waals surface area contributed by atoms with E-state index < -0.39 is 17.7 Å². The second-order valence-electron chi connectivity index (χ2n) is 5.13. The molecular formula is C16H15ClF3N3O4. The van der Waals surface area contributed by atoms with Gasteiger partial charge in [-0.05, 0) is 18.2 Å². The molecule has 0 fully saturated rings. The molecule has 11 heteroatoms. The number of hydroxylamine groups is 1. The Morgan fingerprint density at radius 2 is 2.00 bits per heavy atom. The van der Waals surface area contributed by atoms with Crippen molar-refractivity contribution in [1.29, 1.82) is 0 Å². The predicted molar refractivity (Wildman–Crippen MR) is 91.5 cm³/mol. The lowest BCUT2D eigenvalue weighted by molar-refractivity contribution is -0.140. The minimum absolute atomic E-state index is 0.167. The van der Waals surface area contributed by atoms with E-state index >= 15 is 0 Å². The van der Waals surface area contributed by atoms with Crippen LogP contribution in [0.5, 0.6) is 11.6 Å². The summed E-state index contributed by atoms with van der Waals surface area (Å²) in [6.07, 6.45) is -3.96. The lowest BCUT2D eigenvalue weighted by Gasteiger charge is -2.22. The van der Waals surface area contributed by atoms with Crippen LogP contribution < -0.4 is 15.5 Å². The Labute approximate surface area is 157 Å². The van der Waals surface area contributed by atoms with Crippen LogP contribution >= 0.6 is 11.6 Å². The number of nitrogens with zero attached hydrogens (tertiary/aromatic N) is 2. The highest BCUT2D eigenvalue weighted by atomic mass is 35.5. The first-order valence-electron chi connectivity index (χ1n) is 7.34. The number of esters is 1. The number of hydrogen-bond donors (Lipinski definition) is 1. The Bertz CT molecular complexity index is 833. The summed E-state index contributed by atoms with van der Waals surface area (Å²) in [4.78, 5) is 20.2. The van der Waals surface area contributed by atoms with Gasteiger partial charge in [-0.25, -0.2) is 10.0 Å². The minimum Gasteiger partial charge on any atom is -0.468 e. The number of benzene rings is 1. The number of alkyl halides is 3. The summed E-state index contributed by atoms with van der Waals surface area (Å²) in [6, 6.07) is 5.05. The van der Waals surface area contributed by atoms with Crippen LogP contribution in [0.3, 0.4) is 0 Å². The summed E-state index contributed by atoms with van der Waals surface area (Å²) in [5, 5.41) is 0.844. The normalized spacial score (nSPS) is 11.2. The molecule has 7 nitrogen and oxygen atoms in total. The number of rotatable bonds is 6. The molecule has 0 atom stereocenters. The maximum Gasteiger partial charge on any atom is 0.417 e. The number of pyridine rings is 1. The first kappa shape index (κ1) is 20.6. The number of ether oxygens (including phenoxy) is 2. The van der Waals surface area contributed by atoms with Crippen molar-refractivity contribution in [3.8, 4) is 11.6 Å². The lowest BCUT2D eigenvalue weighted by Crippen LogP contribution is -2.30. The number of nitrogens with two attached hydrogens (primary N) is 1. The zero-order chi connectivity index (χ0) is 20.2. The van der Waals surface area contributed by atoms with E-state index in [0.717, 1.165) is 5.06 Å². The molecule has 2 N–H and O–H groups in total. The fourth-order valence-corrected chi connectivity index (χ4v) is 2.20. The van der Waals surface area contributed by atoms with Crippen LogP contribution in [0.2, 0.25) is 5.02 Å². The third-order valence-electron chi connectivity index (χ3n) is 3.34. The van der Waals surface area contributed by atoms with Crippen LogP contribution in [0, 0.1) is 0 Å². The van der Waals surface area contributed by atoms with Gasteiger partial charge in [-0.2, -0.15) is 13.2 Å². The van der Waals surface area contributed by atoms with Crippen LogP contribution in [0.4, 0.5) is 24.5 Å². The highest BCUT2D eigenvalue weighted by Crippen LogP contribution is 2.36. The molecule has 0 aliphatic carbocycles. The molecule has 1 aromatic heterocycles. The molecular weight excluding hydrogens is 391 g/mol. The van der Waals surface area contributed by atoms with E-state index in [-0.39, 0.29) is 34.6 Å². The summed E-state index contributed by atoms with van der Waals surface area (Å²) in [6.45, 7) is -0.250. The molecule has 2 aromatic rings. The fourth-order valence-electron chi connectivity index (χ4n) is 2.00. The van der Waals surface area contributed by atoms with Gasteiger partial charge in [0.05, 0.1) is 31.2 Å². The Balaban J connectivity index is 2.29. The monoisotopic (exact) mass is 405 g/mol. The van der Waals surface area contributed by atoms with Crippen LogP contribution in [0.15, 0.2) is 30.5 Å². The molecule has 1 aromatic carbocycles. The first-order valence-corrected chi connectivity index (χ1v) is 7.72. The maximum absolute atomic E-state index is 12.7. The van der Waals surface area contributed by atoms with Crippen LogP contribution in [0.25, 0.3) is 0 Å². The summed E-state index contributed by atoms with van der Waals surface area (Å²) in [7, 11) is 2.54. The smallest absolute Gasteiger partial charge is 0.417 e. The van der Waals surface area contributed by atoms with Crippen molar-refractivity contribution in [2.24, 2.45) is 0 Å². The van der Waals surface area contributed by atoms with Crippen LogP contribution in [-0.4, -0.2) is 31.7 Å². The molecule has 0 amide bonds. The van der Waals surface area contributed by atoms with Crippen molar-refractivity contribution in [1.82, 2.24) is 4.98 Å². The number of anilines is 2. The van der Waals surface area contributed by atoms with Gasteiger partial charge in [0, 0.05) is 12.3 Å². The Morgan fingerprint density at radius 1 is 1.30 bits per heavy atom. The van der Waals surface area contributed by atoms with Gasteiger partial charge >= 0.3 is 12.1 Å². The summed E-state index contributed by atoms with van der Waals surface area (Å²) in [5.41, 5.74) is 5.42. The van der Waals surface area contributed by atoms with Crippen molar-refractivity contribution in [2.45, 2.75) is 6.18 Å². The van der Waals surface area contributed by atoms with E-state index in [0.29, 0.717) is 12.3 Å². The quantitative estimate of drug-likeness (QED) is 0.445. The second-order valence-corrected chi connectivity index (χ2v) is 5.53. The molecule has 0 aliphatic heterocycles. The summed E-state index contributed by atoms with van der Waals surface area (Å²) in [5.74, 6) is -0.632. The summed E-state index contributed by atoms with van der Waals surface area (Å²) < 4.78 is 48.0. The molecule has 0 saturated carbocycles. The first-order chi connectivity index (χ1) is 12.7. The van der Waals surface area contributed by atoms with Gasteiger partial charge in [-0.1, -0.05) is 11.6 Å². The third kappa shape index (κ3) is 5.14. The number of methoxy groups -OCH3 is 1. The van der Waals surface area contributed by atoms with Gasteiger partial charge in [0.2, 0.25) is 5.88 Å². The fraction of sp³-hybridized carbons (Fsp3) is 0.250. The zero-order valence-corrected chi connectivity index (χ0v) is 15.0. The number of carbonyl (C=O) groups is 1. The van der Waals surface area contributed by atoms with Crippen molar-refractivity contribution in [3.63, 3.8) is 0 Å². The van der Waals surface area contributed by atoms with E-state index in [9.17, 15) is 18.0 Å². The standard InChI is InChI=1S/C16H15ClF3N3O4/c1-25-14(24)8-23(26-2)13-6-10(3-4-12(13)21)27-15-11(17)5-9(7-22-15)16(18,19)20/h3-7H,8,21H2,1-2H3. The minimum atomic E-state index is -4.57. The second kappa shape index (κ2) is 8.31. The van der Waals surface area contributed by atoms with Crippen molar-refractivity contribution in [2.75, 3.05) is 31.6 Å². The molecule has 0 radical (unpaired) electrons. The number of halogens is 4. The van der Waals surface area contributed by atoms with Crippen LogP contribution in [-0.2, 0) is 20.5 Å². The number of nitrogen functional groups attached to an aromatic ring is 1. The van der Waals surface area contributed by atoms with Gasteiger partial charge in [0.25, 0.3) is 0 Å². The van der Waals surface area contributed by atoms with Gasteiger partial charge in [0.1, 0.15) is 17.3 Å². The lowest BCUT2D eigenvalue weighted by atomic mass is 10.2. The van der Waals surface area contributed by atoms with Gasteiger partial charge < -0.3 is 15.2 Å². The summed E-state index contributed by atoms with van der Waals surface area (Å²) >= 11 is 5.83. The molecule has 0 bridgehead atoms. The average Bonchev–Trinajstić information content (AvgIpc) is 2.62. The Hall–Kier alpha value is -2.72. The van der Waals surface area contributed by atoms with Crippen LogP contribution in [0.1, 0.15) is 5.56 Å². The predicted octanol–water partition coefficient (Wildman–Crippen LogP) is 3.67. The molecule has 27 heavy (non-hydrogen) atoms. The van der Waals surface area contributed by atoms with E-state index in [4.69, 9.17) is 26.9 Å². The van der Waals surface area contributed by atoms with Crippen molar-refractivity contribution in [3.05, 3.63) is 41.0 Å². The van der Waals surface area contributed by atoms with Gasteiger partial charge in [0.15, 0.2) is 0 Å². The molecule has 0 spiro atoms.